The Bertz CT molecular complexity index is 366. The van der Waals surface area contributed by atoms with Gasteiger partial charge in [0, 0.05) is 31.2 Å². The van der Waals surface area contributed by atoms with Crippen molar-refractivity contribution in [2.45, 2.75) is 45.6 Å². The van der Waals surface area contributed by atoms with Gasteiger partial charge >= 0.3 is 0 Å². The zero-order valence-electron chi connectivity index (χ0n) is 11.4. The van der Waals surface area contributed by atoms with Gasteiger partial charge in [-0.25, -0.2) is 4.98 Å². The molecule has 18 heavy (non-hydrogen) atoms. The van der Waals surface area contributed by atoms with Crippen LogP contribution < -0.4 is 5.32 Å². The summed E-state index contributed by atoms with van der Waals surface area (Å²) in [5.74, 6) is 0.104. The average molecular weight is 270 g/mol. The van der Waals surface area contributed by atoms with Crippen LogP contribution in [0.15, 0.2) is 5.38 Å². The number of amides is 1. The zero-order valence-corrected chi connectivity index (χ0v) is 12.2. The Morgan fingerprint density at radius 1 is 1.50 bits per heavy atom. The summed E-state index contributed by atoms with van der Waals surface area (Å²) in [5.41, 5.74) is 1.01. The topological polar surface area (TPSA) is 51.2 Å². The number of thiazole rings is 1. The van der Waals surface area contributed by atoms with E-state index in [9.17, 15) is 4.79 Å². The fourth-order valence-corrected chi connectivity index (χ4v) is 2.46. The minimum atomic E-state index is 0.00942. The molecule has 1 rings (SSSR count). The van der Waals surface area contributed by atoms with E-state index in [1.807, 2.05) is 19.2 Å². The summed E-state index contributed by atoms with van der Waals surface area (Å²) < 4.78 is 4.97. The number of rotatable bonds is 8. The number of nitrogens with zero attached hydrogens (tertiary/aromatic N) is 1. The van der Waals surface area contributed by atoms with Gasteiger partial charge in [-0.3, -0.25) is 4.79 Å². The molecule has 0 fully saturated rings. The van der Waals surface area contributed by atoms with Crippen molar-refractivity contribution in [1.82, 2.24) is 10.3 Å². The van der Waals surface area contributed by atoms with Crippen molar-refractivity contribution < 1.29 is 9.53 Å². The Hall–Kier alpha value is -0.940. The number of ether oxygens (including phenoxy) is 1. The van der Waals surface area contributed by atoms with Crippen LogP contribution in [0.5, 0.6) is 0 Å². The molecule has 0 saturated heterocycles. The number of nitrogens with one attached hydrogen (secondary N) is 1. The highest BCUT2D eigenvalue weighted by atomic mass is 32.1. The van der Waals surface area contributed by atoms with E-state index < -0.39 is 0 Å². The molecule has 1 atom stereocenters. The van der Waals surface area contributed by atoms with Gasteiger partial charge in [0.25, 0.3) is 0 Å². The van der Waals surface area contributed by atoms with E-state index in [4.69, 9.17) is 4.74 Å². The van der Waals surface area contributed by atoms with E-state index in [0.717, 1.165) is 36.6 Å². The number of hydrogen-bond acceptors (Lipinski definition) is 4. The number of aryl methyl sites for hydroxylation is 1. The quantitative estimate of drug-likeness (QED) is 0.739. The smallest absolute Gasteiger partial charge is 0.220 e. The zero-order chi connectivity index (χ0) is 13.4. The molecule has 0 radical (unpaired) electrons. The third kappa shape index (κ3) is 5.60. The van der Waals surface area contributed by atoms with Gasteiger partial charge in [0.05, 0.1) is 6.04 Å². The van der Waals surface area contributed by atoms with Gasteiger partial charge in [-0.2, -0.15) is 0 Å². The average Bonchev–Trinajstić information content (AvgIpc) is 2.75. The molecule has 1 aromatic rings. The van der Waals surface area contributed by atoms with Gasteiger partial charge in [-0.15, -0.1) is 11.3 Å². The van der Waals surface area contributed by atoms with Crippen molar-refractivity contribution in [3.05, 3.63) is 16.1 Å². The van der Waals surface area contributed by atoms with Crippen molar-refractivity contribution in [1.29, 1.82) is 0 Å². The summed E-state index contributed by atoms with van der Waals surface area (Å²) >= 11 is 1.59. The Morgan fingerprint density at radius 2 is 2.28 bits per heavy atom. The molecule has 0 aliphatic rings. The molecule has 1 heterocycles. The number of carbonyl (C=O) groups is 1. The first-order valence-electron chi connectivity index (χ1n) is 6.34. The minimum Gasteiger partial charge on any atom is -0.385 e. The van der Waals surface area contributed by atoms with Crippen LogP contribution in [-0.2, 0) is 9.53 Å². The molecule has 0 bridgehead atoms. The summed E-state index contributed by atoms with van der Waals surface area (Å²) in [6, 6.07) is 0.00942. The molecule has 0 aliphatic carbocycles. The Kier molecular flexibility index (Phi) is 6.90. The standard InChI is InChI=1S/C13H22N2O2S/c1-10-9-18-13(14-10)11(2)15-12(16)7-5-4-6-8-17-3/h9,11H,4-8H2,1-3H3,(H,15,16). The summed E-state index contributed by atoms with van der Waals surface area (Å²) in [6.45, 7) is 4.71. The van der Waals surface area contributed by atoms with Crippen molar-refractivity contribution in [3.63, 3.8) is 0 Å². The monoisotopic (exact) mass is 270 g/mol. The van der Waals surface area contributed by atoms with Gasteiger partial charge in [0.2, 0.25) is 5.91 Å². The Morgan fingerprint density at radius 3 is 2.89 bits per heavy atom. The normalized spacial score (nSPS) is 12.4. The predicted molar refractivity (Wildman–Crippen MR) is 73.8 cm³/mol. The molecular weight excluding hydrogens is 248 g/mol. The fourth-order valence-electron chi connectivity index (χ4n) is 1.66. The van der Waals surface area contributed by atoms with E-state index in [-0.39, 0.29) is 11.9 Å². The van der Waals surface area contributed by atoms with Crippen LogP contribution in [-0.4, -0.2) is 24.6 Å². The molecule has 0 spiro atoms. The maximum Gasteiger partial charge on any atom is 0.220 e. The number of hydrogen-bond donors (Lipinski definition) is 1. The Balaban J connectivity index is 2.19. The summed E-state index contributed by atoms with van der Waals surface area (Å²) in [5, 5.41) is 5.95. The third-order valence-electron chi connectivity index (χ3n) is 2.64. The summed E-state index contributed by atoms with van der Waals surface area (Å²) in [7, 11) is 1.70. The van der Waals surface area contributed by atoms with Crippen LogP contribution in [0.25, 0.3) is 0 Å². The van der Waals surface area contributed by atoms with Gasteiger partial charge in [-0.05, 0) is 26.7 Å². The summed E-state index contributed by atoms with van der Waals surface area (Å²) in [6.07, 6.45) is 3.55. The first-order valence-corrected chi connectivity index (χ1v) is 7.21. The highest BCUT2D eigenvalue weighted by molar-refractivity contribution is 7.09. The second kappa shape index (κ2) is 8.21. The first kappa shape index (κ1) is 15.1. The second-order valence-electron chi connectivity index (χ2n) is 4.42. The molecule has 1 unspecified atom stereocenters. The number of carbonyl (C=O) groups excluding carboxylic acids is 1. The van der Waals surface area contributed by atoms with Crippen LogP contribution in [0.2, 0.25) is 0 Å². The second-order valence-corrected chi connectivity index (χ2v) is 5.31. The van der Waals surface area contributed by atoms with Gasteiger partial charge in [-0.1, -0.05) is 6.42 Å². The minimum absolute atomic E-state index is 0.00942. The lowest BCUT2D eigenvalue weighted by Crippen LogP contribution is -2.26. The van der Waals surface area contributed by atoms with Crippen molar-refractivity contribution in [3.8, 4) is 0 Å². The number of unbranched alkanes of at least 4 members (excludes halogenated alkanes) is 2. The lowest BCUT2D eigenvalue weighted by atomic mass is 10.2. The summed E-state index contributed by atoms with van der Waals surface area (Å²) in [4.78, 5) is 16.1. The highest BCUT2D eigenvalue weighted by Crippen LogP contribution is 2.17. The highest BCUT2D eigenvalue weighted by Gasteiger charge is 2.12. The van der Waals surface area contributed by atoms with Crippen molar-refractivity contribution in [2.24, 2.45) is 0 Å². The molecule has 5 heteroatoms. The Labute approximate surface area is 113 Å². The maximum absolute atomic E-state index is 11.7. The third-order valence-corrected chi connectivity index (χ3v) is 3.78. The van der Waals surface area contributed by atoms with Crippen molar-refractivity contribution >= 4 is 17.2 Å². The number of methoxy groups -OCH3 is 1. The molecule has 0 aliphatic heterocycles. The molecule has 102 valence electrons. The van der Waals surface area contributed by atoms with Crippen LogP contribution in [0.3, 0.4) is 0 Å². The van der Waals surface area contributed by atoms with Gasteiger partial charge in [0.1, 0.15) is 5.01 Å². The van der Waals surface area contributed by atoms with Crippen LogP contribution in [0, 0.1) is 6.92 Å². The van der Waals surface area contributed by atoms with Crippen LogP contribution in [0.1, 0.15) is 49.4 Å². The maximum atomic E-state index is 11.7. The van der Waals surface area contributed by atoms with E-state index in [0.29, 0.717) is 6.42 Å². The number of aromatic nitrogens is 1. The molecule has 0 aromatic carbocycles. The lowest BCUT2D eigenvalue weighted by Gasteiger charge is -2.11. The van der Waals surface area contributed by atoms with E-state index >= 15 is 0 Å². The van der Waals surface area contributed by atoms with Crippen LogP contribution in [0.4, 0.5) is 0 Å². The van der Waals surface area contributed by atoms with Crippen molar-refractivity contribution in [2.75, 3.05) is 13.7 Å². The molecule has 0 saturated carbocycles. The van der Waals surface area contributed by atoms with Crippen LogP contribution >= 0.6 is 11.3 Å². The SMILES string of the molecule is COCCCCCC(=O)NC(C)c1nc(C)cs1. The van der Waals surface area contributed by atoms with E-state index in [1.165, 1.54) is 0 Å². The molecule has 1 amide bonds. The lowest BCUT2D eigenvalue weighted by molar-refractivity contribution is -0.121. The largest absolute Gasteiger partial charge is 0.385 e. The first-order chi connectivity index (χ1) is 8.63. The van der Waals surface area contributed by atoms with E-state index in [2.05, 4.69) is 10.3 Å². The predicted octanol–water partition coefficient (Wildman–Crippen LogP) is 2.84. The molecule has 4 nitrogen and oxygen atoms in total. The molecule has 1 aromatic heterocycles. The molecular formula is C13H22N2O2S. The van der Waals surface area contributed by atoms with E-state index in [1.54, 1.807) is 18.4 Å². The fraction of sp³-hybridized carbons (Fsp3) is 0.692. The van der Waals surface area contributed by atoms with Gasteiger partial charge < -0.3 is 10.1 Å². The molecule has 1 N–H and O–H groups in total. The van der Waals surface area contributed by atoms with Gasteiger partial charge in [0.15, 0.2) is 0 Å².